The first kappa shape index (κ1) is 11.8. The van der Waals surface area contributed by atoms with Crippen LogP contribution < -0.4 is 5.01 Å². The highest BCUT2D eigenvalue weighted by Crippen LogP contribution is 2.35. The Morgan fingerprint density at radius 1 is 1.32 bits per heavy atom. The van der Waals surface area contributed by atoms with E-state index in [1.807, 2.05) is 0 Å². The first-order valence-corrected chi connectivity index (χ1v) is 6.33. The molecule has 1 aliphatic carbocycles. The molecule has 0 saturated heterocycles. The van der Waals surface area contributed by atoms with Crippen molar-refractivity contribution in [1.29, 1.82) is 0 Å². The van der Waals surface area contributed by atoms with E-state index >= 15 is 0 Å². The lowest BCUT2D eigenvalue weighted by atomic mass is 9.87. The van der Waals surface area contributed by atoms with E-state index in [1.165, 1.54) is 11.1 Å². The van der Waals surface area contributed by atoms with Gasteiger partial charge < -0.3 is 0 Å². The largest absolute Gasteiger partial charge is 0.295 e. The molecule has 19 heavy (non-hydrogen) atoms. The van der Waals surface area contributed by atoms with Crippen molar-refractivity contribution < 1.29 is 9.72 Å². The van der Waals surface area contributed by atoms with Crippen LogP contribution in [-0.4, -0.2) is 16.5 Å². The number of para-hydroxylation sites is 2. The highest BCUT2D eigenvalue weighted by Gasteiger charge is 2.39. The molecule has 0 spiro atoms. The van der Waals surface area contributed by atoms with Crippen LogP contribution in [0.4, 0.5) is 11.4 Å². The average Bonchev–Trinajstić information content (AvgIpc) is 2.76. The molecule has 98 valence electrons. The van der Waals surface area contributed by atoms with E-state index in [-0.39, 0.29) is 23.2 Å². The third-order valence-corrected chi connectivity index (χ3v) is 3.62. The van der Waals surface area contributed by atoms with Crippen LogP contribution in [-0.2, 0) is 4.79 Å². The molecule has 1 heterocycles. The number of hydrazone groups is 1. The van der Waals surface area contributed by atoms with Crippen LogP contribution in [0.5, 0.6) is 0 Å². The number of fused-ring (bicyclic) bond motifs is 1. The maximum Gasteiger partial charge on any atom is 0.295 e. The van der Waals surface area contributed by atoms with Crippen molar-refractivity contribution in [3.63, 3.8) is 0 Å². The zero-order chi connectivity index (χ0) is 13.4. The zero-order valence-corrected chi connectivity index (χ0v) is 10.3. The predicted molar refractivity (Wildman–Crippen MR) is 70.0 cm³/mol. The Labute approximate surface area is 109 Å². The summed E-state index contributed by atoms with van der Waals surface area (Å²) < 4.78 is 0. The fourth-order valence-electron chi connectivity index (χ4n) is 2.68. The third-order valence-electron chi connectivity index (χ3n) is 3.62. The number of rotatable bonds is 2. The maximum absolute atomic E-state index is 12.3. The van der Waals surface area contributed by atoms with Crippen LogP contribution in [0.3, 0.4) is 0 Å². The van der Waals surface area contributed by atoms with Gasteiger partial charge in [-0.3, -0.25) is 14.9 Å². The number of anilines is 1. The Kier molecular flexibility index (Phi) is 2.77. The van der Waals surface area contributed by atoms with Gasteiger partial charge in [-0.25, -0.2) is 0 Å². The third kappa shape index (κ3) is 1.89. The van der Waals surface area contributed by atoms with Crippen LogP contribution >= 0.6 is 0 Å². The molecule has 3 rings (SSSR count). The molecule has 0 N–H and O–H groups in total. The maximum atomic E-state index is 12.3. The average molecular weight is 259 g/mol. The Balaban J connectivity index is 2.02. The molecule has 1 atom stereocenters. The monoisotopic (exact) mass is 259 g/mol. The highest BCUT2D eigenvalue weighted by molar-refractivity contribution is 6.16. The van der Waals surface area contributed by atoms with Crippen LogP contribution in [0.1, 0.15) is 25.7 Å². The lowest BCUT2D eigenvalue weighted by Crippen LogP contribution is -2.29. The number of amides is 1. The molecule has 1 unspecified atom stereocenters. The molecule has 0 radical (unpaired) electrons. The van der Waals surface area contributed by atoms with Gasteiger partial charge in [-0.05, 0) is 25.3 Å². The van der Waals surface area contributed by atoms with Gasteiger partial charge in [-0.1, -0.05) is 18.6 Å². The molecule has 1 fully saturated rings. The van der Waals surface area contributed by atoms with Gasteiger partial charge in [-0.2, -0.15) is 10.1 Å². The first-order valence-electron chi connectivity index (χ1n) is 6.33. The molecule has 2 aliphatic rings. The van der Waals surface area contributed by atoms with E-state index < -0.39 is 4.92 Å². The molecule has 1 aromatic rings. The molecule has 6 heteroatoms. The molecule has 6 nitrogen and oxygen atoms in total. The molecular weight excluding hydrogens is 246 g/mol. The predicted octanol–water partition coefficient (Wildman–Crippen LogP) is 2.49. The smallest absolute Gasteiger partial charge is 0.272 e. The summed E-state index contributed by atoms with van der Waals surface area (Å²) in [6.45, 7) is 0. The minimum Gasteiger partial charge on any atom is -0.272 e. The van der Waals surface area contributed by atoms with Crippen molar-refractivity contribution in [3.8, 4) is 0 Å². The molecule has 1 aromatic carbocycles. The normalized spacial score (nSPS) is 22.1. The first-order chi connectivity index (χ1) is 9.18. The number of hydrogen-bond donors (Lipinski definition) is 0. The van der Waals surface area contributed by atoms with Crippen molar-refractivity contribution in [2.45, 2.75) is 25.7 Å². The Morgan fingerprint density at radius 2 is 2.11 bits per heavy atom. The van der Waals surface area contributed by atoms with E-state index in [2.05, 4.69) is 5.10 Å². The standard InChI is InChI=1S/C13H13N3O3/c17-13-9-5-1-2-6-10(9)14-15(13)11-7-3-4-8-12(11)16(18)19/h3-4,7-9H,1-2,5-6H2. The number of carbonyl (C=O) groups excluding carboxylic acids is 1. The van der Waals surface area contributed by atoms with Crippen molar-refractivity contribution in [3.05, 3.63) is 34.4 Å². The van der Waals surface area contributed by atoms with E-state index in [9.17, 15) is 14.9 Å². The Morgan fingerprint density at radius 3 is 2.84 bits per heavy atom. The summed E-state index contributed by atoms with van der Waals surface area (Å²) in [5.74, 6) is -0.308. The molecule has 1 saturated carbocycles. The van der Waals surface area contributed by atoms with Crippen LogP contribution in [0.2, 0.25) is 0 Å². The van der Waals surface area contributed by atoms with E-state index in [0.717, 1.165) is 31.4 Å². The molecule has 1 amide bonds. The second kappa shape index (κ2) is 4.46. The molecule has 0 bridgehead atoms. The van der Waals surface area contributed by atoms with Gasteiger partial charge in [0.05, 0.1) is 16.6 Å². The minimum absolute atomic E-state index is 0.0844. The van der Waals surface area contributed by atoms with Crippen molar-refractivity contribution >= 4 is 23.0 Å². The number of nitrogens with zero attached hydrogens (tertiary/aromatic N) is 3. The quantitative estimate of drug-likeness (QED) is 0.604. The summed E-state index contributed by atoms with van der Waals surface area (Å²) in [6, 6.07) is 6.22. The van der Waals surface area contributed by atoms with Crippen molar-refractivity contribution in [2.24, 2.45) is 11.0 Å². The van der Waals surface area contributed by atoms with Gasteiger partial charge in [0.2, 0.25) is 0 Å². The summed E-state index contributed by atoms with van der Waals surface area (Å²) in [6.07, 6.45) is 3.66. The highest BCUT2D eigenvalue weighted by atomic mass is 16.6. The zero-order valence-electron chi connectivity index (χ0n) is 10.3. The molecule has 0 aromatic heterocycles. The number of nitro groups is 1. The number of benzene rings is 1. The minimum atomic E-state index is -0.481. The van der Waals surface area contributed by atoms with Crippen LogP contribution in [0.25, 0.3) is 0 Å². The van der Waals surface area contributed by atoms with Crippen LogP contribution in [0.15, 0.2) is 29.4 Å². The topological polar surface area (TPSA) is 75.8 Å². The summed E-state index contributed by atoms with van der Waals surface area (Å²) in [5, 5.41) is 16.5. The van der Waals surface area contributed by atoms with Gasteiger partial charge in [0, 0.05) is 6.07 Å². The summed E-state index contributed by atoms with van der Waals surface area (Å²) >= 11 is 0. The van der Waals surface area contributed by atoms with Gasteiger partial charge >= 0.3 is 0 Å². The van der Waals surface area contributed by atoms with E-state index in [0.29, 0.717) is 0 Å². The Bertz CT molecular complexity index is 582. The summed E-state index contributed by atoms with van der Waals surface area (Å²) in [5.41, 5.74) is 1.05. The Hall–Kier alpha value is -2.24. The van der Waals surface area contributed by atoms with Gasteiger partial charge in [-0.15, -0.1) is 0 Å². The van der Waals surface area contributed by atoms with Crippen molar-refractivity contribution in [2.75, 3.05) is 5.01 Å². The van der Waals surface area contributed by atoms with E-state index in [1.54, 1.807) is 18.2 Å². The second-order valence-electron chi connectivity index (χ2n) is 4.79. The number of hydrogen-bond acceptors (Lipinski definition) is 4. The lowest BCUT2D eigenvalue weighted by molar-refractivity contribution is -0.384. The van der Waals surface area contributed by atoms with Gasteiger partial charge in [0.15, 0.2) is 0 Å². The van der Waals surface area contributed by atoms with Gasteiger partial charge in [0.1, 0.15) is 5.69 Å². The lowest BCUT2D eigenvalue weighted by Gasteiger charge is -2.16. The van der Waals surface area contributed by atoms with Crippen LogP contribution in [0, 0.1) is 16.0 Å². The van der Waals surface area contributed by atoms with E-state index in [4.69, 9.17) is 0 Å². The fourth-order valence-corrected chi connectivity index (χ4v) is 2.68. The number of nitro benzene ring substituents is 1. The number of carbonyl (C=O) groups is 1. The fraction of sp³-hybridized carbons (Fsp3) is 0.385. The van der Waals surface area contributed by atoms with Crippen molar-refractivity contribution in [1.82, 2.24) is 0 Å². The SMILES string of the molecule is O=C1C2CCCCC2=NN1c1ccccc1[N+](=O)[O-]. The summed E-state index contributed by atoms with van der Waals surface area (Å²) in [4.78, 5) is 22.8. The molecular formula is C13H13N3O3. The summed E-state index contributed by atoms with van der Waals surface area (Å²) in [7, 11) is 0. The second-order valence-corrected chi connectivity index (χ2v) is 4.79. The molecule has 1 aliphatic heterocycles. The van der Waals surface area contributed by atoms with Gasteiger partial charge in [0.25, 0.3) is 11.6 Å².